The summed E-state index contributed by atoms with van der Waals surface area (Å²) in [6, 6.07) is 0.271. The molecule has 0 aromatic carbocycles. The minimum Gasteiger partial charge on any atom is -0.333 e. The number of nitrogens with one attached hydrogen (secondary N) is 1. The van der Waals surface area contributed by atoms with Crippen LogP contribution in [0.3, 0.4) is 0 Å². The number of likely N-dealkylation sites (tertiary alicyclic amines) is 1. The van der Waals surface area contributed by atoms with Gasteiger partial charge in [0.15, 0.2) is 0 Å². The first-order chi connectivity index (χ1) is 8.50. The molecular weight excluding hydrogens is 228 g/mol. The third-order valence-electron chi connectivity index (χ3n) is 3.88. The van der Waals surface area contributed by atoms with Gasteiger partial charge in [0.1, 0.15) is 5.82 Å². The van der Waals surface area contributed by atoms with Crippen molar-refractivity contribution in [2.24, 2.45) is 5.92 Å². The number of hydrogen-bond donors (Lipinski definition) is 1. The zero-order valence-electron chi connectivity index (χ0n) is 11.6. The van der Waals surface area contributed by atoms with E-state index in [1.54, 1.807) is 0 Å². The van der Waals surface area contributed by atoms with Crippen molar-refractivity contribution in [3.05, 3.63) is 11.6 Å². The summed E-state index contributed by atoms with van der Waals surface area (Å²) in [5, 5.41) is 6.89. The Labute approximate surface area is 108 Å². The Hall–Kier alpha value is -1.39. The van der Waals surface area contributed by atoms with Crippen molar-refractivity contribution in [3.8, 4) is 0 Å². The minimum absolute atomic E-state index is 0.0443. The molecule has 2 unspecified atom stereocenters. The Morgan fingerprint density at radius 3 is 2.78 bits per heavy atom. The van der Waals surface area contributed by atoms with E-state index < -0.39 is 0 Å². The van der Waals surface area contributed by atoms with Gasteiger partial charge in [-0.3, -0.25) is 9.89 Å². The van der Waals surface area contributed by atoms with Gasteiger partial charge < -0.3 is 4.90 Å². The number of aromatic nitrogens is 3. The van der Waals surface area contributed by atoms with E-state index in [1.165, 1.54) is 6.42 Å². The molecule has 1 aliphatic heterocycles. The Morgan fingerprint density at radius 2 is 2.17 bits per heavy atom. The summed E-state index contributed by atoms with van der Waals surface area (Å²) in [4.78, 5) is 18.6. The molecule has 2 atom stereocenters. The zero-order valence-corrected chi connectivity index (χ0v) is 11.6. The molecule has 1 amide bonds. The van der Waals surface area contributed by atoms with Crippen molar-refractivity contribution in [1.29, 1.82) is 0 Å². The fraction of sp³-hybridized carbons (Fsp3) is 0.769. The molecule has 0 bridgehead atoms. The van der Waals surface area contributed by atoms with Crippen LogP contribution in [0.15, 0.2) is 0 Å². The van der Waals surface area contributed by atoms with Crippen molar-refractivity contribution in [2.45, 2.75) is 52.5 Å². The third-order valence-corrected chi connectivity index (χ3v) is 3.88. The van der Waals surface area contributed by atoms with Gasteiger partial charge in [-0.1, -0.05) is 20.8 Å². The van der Waals surface area contributed by atoms with Crippen molar-refractivity contribution >= 4 is 5.91 Å². The summed E-state index contributed by atoms with van der Waals surface area (Å²) < 4.78 is 0. The highest BCUT2D eigenvalue weighted by molar-refractivity contribution is 5.90. The van der Waals surface area contributed by atoms with Crippen LogP contribution < -0.4 is 0 Å². The van der Waals surface area contributed by atoms with E-state index in [1.807, 2.05) is 18.7 Å². The number of hydrogen-bond acceptors (Lipinski definition) is 3. The van der Waals surface area contributed by atoms with Gasteiger partial charge in [-0.25, -0.2) is 4.98 Å². The van der Waals surface area contributed by atoms with Crippen LogP contribution in [0.1, 0.15) is 62.9 Å². The van der Waals surface area contributed by atoms with Gasteiger partial charge in [0.05, 0.1) is 0 Å². The lowest BCUT2D eigenvalue weighted by Gasteiger charge is -2.37. The fourth-order valence-corrected chi connectivity index (χ4v) is 2.38. The number of H-pyrrole nitrogens is 1. The summed E-state index contributed by atoms with van der Waals surface area (Å²) in [6.07, 6.45) is 2.26. The molecule has 5 nitrogen and oxygen atoms in total. The maximum atomic E-state index is 12.4. The molecular formula is C13H22N4O. The highest BCUT2D eigenvalue weighted by Gasteiger charge is 2.30. The van der Waals surface area contributed by atoms with Crippen LogP contribution in [0.25, 0.3) is 0 Å². The molecule has 18 heavy (non-hydrogen) atoms. The topological polar surface area (TPSA) is 61.9 Å². The molecule has 0 saturated carbocycles. The van der Waals surface area contributed by atoms with Crippen LogP contribution in [0.4, 0.5) is 0 Å². The second-order valence-corrected chi connectivity index (χ2v) is 5.56. The average molecular weight is 250 g/mol. The average Bonchev–Trinajstić information content (AvgIpc) is 2.81. The summed E-state index contributed by atoms with van der Waals surface area (Å²) in [5.41, 5.74) is 0. The zero-order chi connectivity index (χ0) is 13.3. The van der Waals surface area contributed by atoms with Gasteiger partial charge >= 0.3 is 0 Å². The second-order valence-electron chi connectivity index (χ2n) is 5.56. The summed E-state index contributed by atoms with van der Waals surface area (Å²) in [7, 11) is 0. The molecule has 1 saturated heterocycles. The van der Waals surface area contributed by atoms with Gasteiger partial charge in [-0.15, -0.1) is 5.10 Å². The summed E-state index contributed by atoms with van der Waals surface area (Å²) in [5.74, 6) is 1.84. The number of carbonyl (C=O) groups is 1. The normalized spacial score (nSPS) is 24.6. The number of carbonyl (C=O) groups excluding carboxylic acids is 1. The van der Waals surface area contributed by atoms with Crippen LogP contribution >= 0.6 is 0 Å². The van der Waals surface area contributed by atoms with Crippen molar-refractivity contribution in [1.82, 2.24) is 20.1 Å². The van der Waals surface area contributed by atoms with Gasteiger partial charge in [0.25, 0.3) is 5.91 Å². The molecule has 0 radical (unpaired) electrons. The molecule has 2 rings (SSSR count). The maximum Gasteiger partial charge on any atom is 0.293 e. The Kier molecular flexibility index (Phi) is 3.68. The number of nitrogens with zero attached hydrogens (tertiary/aromatic N) is 3. The van der Waals surface area contributed by atoms with E-state index in [2.05, 4.69) is 29.0 Å². The number of aromatic amines is 1. The van der Waals surface area contributed by atoms with Crippen LogP contribution in [0, 0.1) is 5.92 Å². The largest absolute Gasteiger partial charge is 0.333 e. The van der Waals surface area contributed by atoms with Gasteiger partial charge in [-0.2, -0.15) is 0 Å². The summed E-state index contributed by atoms with van der Waals surface area (Å²) >= 11 is 0. The highest BCUT2D eigenvalue weighted by atomic mass is 16.2. The van der Waals surface area contributed by atoms with Crippen LogP contribution in [-0.4, -0.2) is 38.6 Å². The fourth-order valence-electron chi connectivity index (χ4n) is 2.38. The monoisotopic (exact) mass is 250 g/mol. The third kappa shape index (κ3) is 2.40. The lowest BCUT2D eigenvalue weighted by atomic mass is 9.92. The van der Waals surface area contributed by atoms with Gasteiger partial charge in [-0.05, 0) is 25.7 Å². The number of amides is 1. The number of rotatable bonds is 2. The van der Waals surface area contributed by atoms with E-state index in [-0.39, 0.29) is 17.9 Å². The van der Waals surface area contributed by atoms with Gasteiger partial charge in [0, 0.05) is 18.5 Å². The highest BCUT2D eigenvalue weighted by Crippen LogP contribution is 2.24. The molecule has 1 aromatic heterocycles. The minimum atomic E-state index is -0.0443. The first-order valence-corrected chi connectivity index (χ1v) is 6.74. The van der Waals surface area contributed by atoms with Crippen molar-refractivity contribution in [3.63, 3.8) is 0 Å². The van der Waals surface area contributed by atoms with Gasteiger partial charge in [0.2, 0.25) is 5.82 Å². The molecule has 0 spiro atoms. The first-order valence-electron chi connectivity index (χ1n) is 6.74. The molecule has 100 valence electrons. The molecule has 5 heteroatoms. The van der Waals surface area contributed by atoms with Crippen LogP contribution in [0.5, 0.6) is 0 Å². The van der Waals surface area contributed by atoms with Crippen LogP contribution in [0.2, 0.25) is 0 Å². The predicted octanol–water partition coefficient (Wildman–Crippen LogP) is 2.19. The van der Waals surface area contributed by atoms with E-state index in [0.29, 0.717) is 11.7 Å². The standard InChI is InChI=1S/C13H22N4O/c1-8(2)11-14-12(16-15-11)13(18)17-7-5-6-9(3)10(17)4/h8-10H,5-7H2,1-4H3,(H,14,15,16). The number of piperidine rings is 1. The van der Waals surface area contributed by atoms with E-state index in [9.17, 15) is 4.79 Å². The van der Waals surface area contributed by atoms with Crippen LogP contribution in [-0.2, 0) is 0 Å². The predicted molar refractivity (Wildman–Crippen MR) is 69.4 cm³/mol. The lowest BCUT2D eigenvalue weighted by molar-refractivity contribution is 0.0539. The molecule has 1 aromatic rings. The maximum absolute atomic E-state index is 12.4. The quantitative estimate of drug-likeness (QED) is 0.875. The van der Waals surface area contributed by atoms with Crippen molar-refractivity contribution < 1.29 is 4.79 Å². The Balaban J connectivity index is 2.14. The molecule has 1 fully saturated rings. The molecule has 1 aliphatic rings. The van der Waals surface area contributed by atoms with E-state index >= 15 is 0 Å². The SMILES string of the molecule is CC(C)c1nc(C(=O)N2CCCC(C)C2C)n[nH]1. The Morgan fingerprint density at radius 1 is 1.44 bits per heavy atom. The molecule has 0 aliphatic carbocycles. The lowest BCUT2D eigenvalue weighted by Crippen LogP contribution is -2.46. The molecule has 2 heterocycles. The van der Waals surface area contributed by atoms with Crippen molar-refractivity contribution in [2.75, 3.05) is 6.54 Å². The Bertz CT molecular complexity index is 426. The first kappa shape index (κ1) is 13.1. The summed E-state index contributed by atoms with van der Waals surface area (Å²) in [6.45, 7) is 9.18. The van der Waals surface area contributed by atoms with E-state index in [0.717, 1.165) is 18.8 Å². The van der Waals surface area contributed by atoms with E-state index in [4.69, 9.17) is 0 Å². The smallest absolute Gasteiger partial charge is 0.293 e. The second kappa shape index (κ2) is 5.08. The molecule has 1 N–H and O–H groups in total.